The molecule has 1 N–H and O–H groups in total. The second kappa shape index (κ2) is 7.38. The van der Waals surface area contributed by atoms with Gasteiger partial charge in [-0.15, -0.1) is 11.3 Å². The fourth-order valence-corrected chi connectivity index (χ4v) is 3.60. The first kappa shape index (κ1) is 15.7. The first-order valence-corrected chi connectivity index (χ1v) is 8.57. The molecule has 0 aliphatic carbocycles. The largest absolute Gasteiger partial charge is 0.356 e. The molecule has 2 aromatic carbocycles. The maximum Gasteiger partial charge on any atom is 0.220 e. The molecule has 1 heterocycles. The van der Waals surface area contributed by atoms with E-state index in [0.29, 0.717) is 24.9 Å². The molecule has 0 saturated carbocycles. The molecule has 3 aromatic rings. The molecule has 0 radical (unpaired) electrons. The molecule has 1 amide bonds. The highest BCUT2D eigenvalue weighted by molar-refractivity contribution is 7.17. The van der Waals surface area contributed by atoms with Gasteiger partial charge in [-0.1, -0.05) is 36.4 Å². The van der Waals surface area contributed by atoms with E-state index in [0.717, 1.165) is 6.42 Å². The van der Waals surface area contributed by atoms with Crippen molar-refractivity contribution in [2.24, 2.45) is 0 Å². The molecule has 4 heteroatoms. The standard InChI is InChI=1S/C19H18FNOS/c20-17-7-3-1-5-14(17)9-10-19(22)21-12-11-15-13-23-18-8-4-2-6-16(15)18/h1-8,13H,9-12H2,(H,21,22). The number of thiophene rings is 1. The summed E-state index contributed by atoms with van der Waals surface area (Å²) in [7, 11) is 0. The van der Waals surface area contributed by atoms with Crippen LogP contribution in [-0.4, -0.2) is 12.5 Å². The lowest BCUT2D eigenvalue weighted by molar-refractivity contribution is -0.121. The molecule has 23 heavy (non-hydrogen) atoms. The Balaban J connectivity index is 1.47. The Hall–Kier alpha value is -2.20. The number of aryl methyl sites for hydroxylation is 1. The Morgan fingerprint density at radius 2 is 1.78 bits per heavy atom. The molecule has 0 unspecified atom stereocenters. The Morgan fingerprint density at radius 3 is 2.65 bits per heavy atom. The van der Waals surface area contributed by atoms with Crippen LogP contribution in [0, 0.1) is 5.82 Å². The van der Waals surface area contributed by atoms with Crippen molar-refractivity contribution in [3.8, 4) is 0 Å². The van der Waals surface area contributed by atoms with E-state index in [4.69, 9.17) is 0 Å². The summed E-state index contributed by atoms with van der Waals surface area (Å²) in [6, 6.07) is 14.9. The average molecular weight is 327 g/mol. The number of fused-ring (bicyclic) bond motifs is 1. The van der Waals surface area contributed by atoms with E-state index in [1.165, 1.54) is 21.7 Å². The number of carbonyl (C=O) groups excluding carboxylic acids is 1. The first-order valence-electron chi connectivity index (χ1n) is 7.69. The zero-order valence-electron chi connectivity index (χ0n) is 12.7. The van der Waals surface area contributed by atoms with E-state index in [9.17, 15) is 9.18 Å². The van der Waals surface area contributed by atoms with Gasteiger partial charge in [-0.3, -0.25) is 4.79 Å². The molecule has 0 aliphatic heterocycles. The minimum Gasteiger partial charge on any atom is -0.356 e. The van der Waals surface area contributed by atoms with Crippen molar-refractivity contribution in [3.63, 3.8) is 0 Å². The van der Waals surface area contributed by atoms with Crippen LogP contribution in [0.4, 0.5) is 4.39 Å². The third-order valence-electron chi connectivity index (χ3n) is 3.86. The van der Waals surface area contributed by atoms with E-state index in [-0.39, 0.29) is 11.7 Å². The predicted octanol–water partition coefficient (Wildman–Crippen LogP) is 4.33. The van der Waals surface area contributed by atoms with Gasteiger partial charge in [-0.25, -0.2) is 4.39 Å². The number of rotatable bonds is 6. The van der Waals surface area contributed by atoms with Crippen LogP contribution in [0.5, 0.6) is 0 Å². The molecule has 2 nitrogen and oxygen atoms in total. The van der Waals surface area contributed by atoms with E-state index in [2.05, 4.69) is 22.8 Å². The first-order chi connectivity index (χ1) is 11.2. The third kappa shape index (κ3) is 3.96. The van der Waals surface area contributed by atoms with E-state index in [1.54, 1.807) is 29.5 Å². The summed E-state index contributed by atoms with van der Waals surface area (Å²) >= 11 is 1.73. The van der Waals surface area contributed by atoms with Crippen LogP contribution in [0.25, 0.3) is 10.1 Å². The summed E-state index contributed by atoms with van der Waals surface area (Å²) < 4.78 is 14.8. The second-order valence-electron chi connectivity index (χ2n) is 5.45. The zero-order valence-corrected chi connectivity index (χ0v) is 13.5. The van der Waals surface area contributed by atoms with Crippen molar-refractivity contribution < 1.29 is 9.18 Å². The molecule has 0 aliphatic rings. The second-order valence-corrected chi connectivity index (χ2v) is 6.36. The average Bonchev–Trinajstić information content (AvgIpc) is 2.98. The third-order valence-corrected chi connectivity index (χ3v) is 4.87. The summed E-state index contributed by atoms with van der Waals surface area (Å²) in [5.74, 6) is -0.280. The monoisotopic (exact) mass is 327 g/mol. The summed E-state index contributed by atoms with van der Waals surface area (Å²) in [6.45, 7) is 0.608. The molecular formula is C19H18FNOS. The number of halogens is 1. The number of carbonyl (C=O) groups is 1. The van der Waals surface area contributed by atoms with Crippen molar-refractivity contribution in [3.05, 3.63) is 70.9 Å². The van der Waals surface area contributed by atoms with Crippen molar-refractivity contribution in [1.82, 2.24) is 5.32 Å². The van der Waals surface area contributed by atoms with Gasteiger partial charge in [-0.2, -0.15) is 0 Å². The molecule has 0 bridgehead atoms. The number of nitrogens with one attached hydrogen (secondary N) is 1. The smallest absolute Gasteiger partial charge is 0.220 e. The number of amides is 1. The van der Waals surface area contributed by atoms with Gasteiger partial charge in [0.1, 0.15) is 5.82 Å². The molecule has 0 saturated heterocycles. The van der Waals surface area contributed by atoms with Gasteiger partial charge in [0.15, 0.2) is 0 Å². The topological polar surface area (TPSA) is 29.1 Å². The molecule has 0 atom stereocenters. The summed E-state index contributed by atoms with van der Waals surface area (Å²) in [5, 5.41) is 6.33. The van der Waals surface area contributed by atoms with Gasteiger partial charge in [0.2, 0.25) is 5.91 Å². The maximum absolute atomic E-state index is 13.5. The van der Waals surface area contributed by atoms with Crippen molar-refractivity contribution in [2.45, 2.75) is 19.3 Å². The summed E-state index contributed by atoms with van der Waals surface area (Å²) in [5.41, 5.74) is 1.85. The van der Waals surface area contributed by atoms with Gasteiger partial charge in [0, 0.05) is 17.7 Å². The van der Waals surface area contributed by atoms with Crippen molar-refractivity contribution in [2.75, 3.05) is 6.54 Å². The Kier molecular flexibility index (Phi) is 5.03. The molecule has 3 rings (SSSR count). The lowest BCUT2D eigenvalue weighted by Crippen LogP contribution is -2.25. The van der Waals surface area contributed by atoms with Crippen molar-refractivity contribution in [1.29, 1.82) is 0 Å². The number of hydrogen-bond donors (Lipinski definition) is 1. The van der Waals surface area contributed by atoms with Crippen LogP contribution in [0.15, 0.2) is 53.9 Å². The number of hydrogen-bond acceptors (Lipinski definition) is 2. The SMILES string of the molecule is O=C(CCc1ccccc1F)NCCc1csc2ccccc12. The Labute approximate surface area is 139 Å². The Bertz CT molecular complexity index is 812. The van der Waals surface area contributed by atoms with E-state index in [1.807, 2.05) is 12.1 Å². The molecule has 118 valence electrons. The van der Waals surface area contributed by atoms with Crippen LogP contribution < -0.4 is 5.32 Å². The molecule has 0 spiro atoms. The minimum atomic E-state index is -0.245. The molecule has 1 aromatic heterocycles. The van der Waals surface area contributed by atoms with Crippen LogP contribution >= 0.6 is 11.3 Å². The predicted molar refractivity (Wildman–Crippen MR) is 93.3 cm³/mol. The zero-order chi connectivity index (χ0) is 16.1. The van der Waals surface area contributed by atoms with Gasteiger partial charge in [0.25, 0.3) is 0 Å². The lowest BCUT2D eigenvalue weighted by Gasteiger charge is -2.06. The highest BCUT2D eigenvalue weighted by Gasteiger charge is 2.07. The molecular weight excluding hydrogens is 309 g/mol. The van der Waals surface area contributed by atoms with Crippen molar-refractivity contribution >= 4 is 27.3 Å². The van der Waals surface area contributed by atoms with E-state index >= 15 is 0 Å². The van der Waals surface area contributed by atoms with Crippen LogP contribution in [0.3, 0.4) is 0 Å². The van der Waals surface area contributed by atoms with Gasteiger partial charge >= 0.3 is 0 Å². The quantitative estimate of drug-likeness (QED) is 0.717. The van der Waals surface area contributed by atoms with Crippen LogP contribution in [0.1, 0.15) is 17.5 Å². The van der Waals surface area contributed by atoms with Crippen LogP contribution in [0.2, 0.25) is 0 Å². The fraction of sp³-hybridized carbons (Fsp3) is 0.211. The highest BCUT2D eigenvalue weighted by Crippen LogP contribution is 2.25. The normalized spacial score (nSPS) is 10.8. The van der Waals surface area contributed by atoms with Gasteiger partial charge in [0.05, 0.1) is 0 Å². The maximum atomic E-state index is 13.5. The Morgan fingerprint density at radius 1 is 1.00 bits per heavy atom. The number of benzene rings is 2. The van der Waals surface area contributed by atoms with Gasteiger partial charge in [-0.05, 0) is 46.9 Å². The van der Waals surface area contributed by atoms with Crippen LogP contribution in [-0.2, 0) is 17.6 Å². The van der Waals surface area contributed by atoms with E-state index < -0.39 is 0 Å². The van der Waals surface area contributed by atoms with Gasteiger partial charge < -0.3 is 5.32 Å². The summed E-state index contributed by atoms with van der Waals surface area (Å²) in [6.07, 6.45) is 1.56. The summed E-state index contributed by atoms with van der Waals surface area (Å²) in [4.78, 5) is 11.9. The minimum absolute atomic E-state index is 0.0345. The highest BCUT2D eigenvalue weighted by atomic mass is 32.1. The molecule has 0 fully saturated rings. The fourth-order valence-electron chi connectivity index (χ4n) is 2.60. The lowest BCUT2D eigenvalue weighted by atomic mass is 10.1.